The molecule has 1 unspecified atom stereocenters. The Labute approximate surface area is 153 Å². The maximum absolute atomic E-state index is 13.2. The molecule has 0 saturated carbocycles. The molecule has 3 nitrogen and oxygen atoms in total. The molecule has 134 valence electrons. The van der Waals surface area contributed by atoms with Crippen LogP contribution in [0.2, 0.25) is 5.02 Å². The van der Waals surface area contributed by atoms with Crippen LogP contribution in [-0.4, -0.2) is 12.0 Å². The lowest BCUT2D eigenvalue weighted by molar-refractivity contribution is -0.122. The second kappa shape index (κ2) is 7.87. The number of halogens is 2. The van der Waals surface area contributed by atoms with Gasteiger partial charge in [0.1, 0.15) is 11.6 Å². The van der Waals surface area contributed by atoms with Crippen molar-refractivity contribution in [1.29, 1.82) is 0 Å². The largest absolute Gasteiger partial charge is 0.481 e. The number of rotatable bonds is 5. The van der Waals surface area contributed by atoms with Crippen molar-refractivity contribution in [1.82, 2.24) is 0 Å². The Hall–Kier alpha value is -2.07. The number of hydrogen-bond acceptors (Lipinski definition) is 2. The molecule has 1 amide bonds. The van der Waals surface area contributed by atoms with Gasteiger partial charge in [0.05, 0.1) is 5.02 Å². The third kappa shape index (κ3) is 5.20. The van der Waals surface area contributed by atoms with E-state index >= 15 is 0 Å². The lowest BCUT2D eigenvalue weighted by atomic mass is 9.87. The molecule has 5 heteroatoms. The number of amides is 1. The normalized spacial score (nSPS) is 12.6. The summed E-state index contributed by atoms with van der Waals surface area (Å²) in [5, 5.41) is 2.66. The van der Waals surface area contributed by atoms with Crippen molar-refractivity contribution in [2.75, 3.05) is 5.32 Å². The fourth-order valence-electron chi connectivity index (χ4n) is 2.32. The molecule has 0 fully saturated rings. The SMILES string of the molecule is CCC(Oc1ccc(C(C)(C)C)cc1)C(=O)Nc1ccc(F)c(Cl)c1. The molecule has 0 aliphatic rings. The molecule has 2 aromatic rings. The Morgan fingerprint density at radius 2 is 1.84 bits per heavy atom. The summed E-state index contributed by atoms with van der Waals surface area (Å²) in [6, 6.07) is 11.8. The van der Waals surface area contributed by atoms with Gasteiger partial charge in [0.25, 0.3) is 5.91 Å². The average Bonchev–Trinajstić information content (AvgIpc) is 2.55. The number of ether oxygens (including phenoxy) is 1. The number of anilines is 1. The van der Waals surface area contributed by atoms with Gasteiger partial charge < -0.3 is 10.1 Å². The molecule has 0 heterocycles. The van der Waals surface area contributed by atoms with Crippen molar-refractivity contribution in [3.05, 3.63) is 58.9 Å². The van der Waals surface area contributed by atoms with Gasteiger partial charge in [0.15, 0.2) is 6.10 Å². The van der Waals surface area contributed by atoms with Gasteiger partial charge in [-0.1, -0.05) is 51.4 Å². The molecule has 0 bridgehead atoms. The lowest BCUT2D eigenvalue weighted by Crippen LogP contribution is -2.32. The van der Waals surface area contributed by atoms with Crippen molar-refractivity contribution in [3.63, 3.8) is 0 Å². The van der Waals surface area contributed by atoms with Crippen LogP contribution in [0, 0.1) is 5.82 Å². The molecule has 0 spiro atoms. The van der Waals surface area contributed by atoms with Gasteiger partial charge in [-0.05, 0) is 47.7 Å². The van der Waals surface area contributed by atoms with Crippen molar-refractivity contribution >= 4 is 23.2 Å². The Balaban J connectivity index is 2.05. The van der Waals surface area contributed by atoms with Crippen molar-refractivity contribution in [2.24, 2.45) is 0 Å². The third-order valence-corrected chi connectivity index (χ3v) is 4.14. The standard InChI is InChI=1S/C20H23ClFNO2/c1-5-18(19(24)23-14-8-11-17(22)16(21)12-14)25-15-9-6-13(7-10-15)20(2,3)4/h6-12,18H,5H2,1-4H3,(H,23,24). The Bertz CT molecular complexity index is 738. The highest BCUT2D eigenvalue weighted by Gasteiger charge is 2.20. The molecule has 1 atom stereocenters. The summed E-state index contributed by atoms with van der Waals surface area (Å²) in [7, 11) is 0. The summed E-state index contributed by atoms with van der Waals surface area (Å²) in [5.74, 6) is -0.195. The zero-order valence-electron chi connectivity index (χ0n) is 14.9. The quantitative estimate of drug-likeness (QED) is 0.753. The van der Waals surface area contributed by atoms with Crippen molar-refractivity contribution in [3.8, 4) is 5.75 Å². The van der Waals surface area contributed by atoms with Gasteiger partial charge in [-0.2, -0.15) is 0 Å². The maximum Gasteiger partial charge on any atom is 0.265 e. The minimum Gasteiger partial charge on any atom is -0.481 e. The van der Waals surface area contributed by atoms with Crippen molar-refractivity contribution in [2.45, 2.75) is 45.6 Å². The fraction of sp³-hybridized carbons (Fsp3) is 0.350. The van der Waals surface area contributed by atoms with Gasteiger partial charge >= 0.3 is 0 Å². The van der Waals surface area contributed by atoms with Gasteiger partial charge in [-0.15, -0.1) is 0 Å². The van der Waals surface area contributed by atoms with E-state index in [2.05, 4.69) is 26.1 Å². The van der Waals surface area contributed by atoms with Crippen LogP contribution in [0.1, 0.15) is 39.7 Å². The smallest absolute Gasteiger partial charge is 0.265 e. The van der Waals surface area contributed by atoms with E-state index in [-0.39, 0.29) is 16.3 Å². The fourth-order valence-corrected chi connectivity index (χ4v) is 2.50. The van der Waals surface area contributed by atoms with Gasteiger partial charge in [0, 0.05) is 5.69 Å². The second-order valence-corrected chi connectivity index (χ2v) is 7.31. The summed E-state index contributed by atoms with van der Waals surface area (Å²) < 4.78 is 19.0. The highest BCUT2D eigenvalue weighted by molar-refractivity contribution is 6.31. The Morgan fingerprint density at radius 3 is 2.36 bits per heavy atom. The number of benzene rings is 2. The van der Waals surface area contributed by atoms with Crippen LogP contribution < -0.4 is 10.1 Å². The molecule has 0 aliphatic carbocycles. The summed E-state index contributed by atoms with van der Waals surface area (Å²) in [6.07, 6.45) is -0.147. The maximum atomic E-state index is 13.2. The van der Waals surface area contributed by atoms with Gasteiger partial charge in [-0.25, -0.2) is 4.39 Å². The van der Waals surface area contributed by atoms with E-state index in [9.17, 15) is 9.18 Å². The first-order valence-corrected chi connectivity index (χ1v) is 8.61. The monoisotopic (exact) mass is 363 g/mol. The molecular formula is C20H23ClFNO2. The summed E-state index contributed by atoms with van der Waals surface area (Å²) in [5.41, 5.74) is 1.68. The minimum absolute atomic E-state index is 0.0375. The molecule has 0 aromatic heterocycles. The molecule has 0 saturated heterocycles. The van der Waals surface area contributed by atoms with E-state index < -0.39 is 11.9 Å². The Kier molecular flexibility index (Phi) is 6.07. The van der Waals surface area contributed by atoms with E-state index in [1.165, 1.54) is 23.8 Å². The average molecular weight is 364 g/mol. The predicted molar refractivity (Wildman–Crippen MR) is 99.9 cm³/mol. The molecule has 1 N–H and O–H groups in total. The molecule has 2 aromatic carbocycles. The first-order chi connectivity index (χ1) is 11.7. The van der Waals surface area contributed by atoms with Crippen LogP contribution in [-0.2, 0) is 10.2 Å². The van der Waals surface area contributed by atoms with E-state index in [1.54, 1.807) is 0 Å². The summed E-state index contributed by atoms with van der Waals surface area (Å²) in [6.45, 7) is 8.28. The van der Waals surface area contributed by atoms with E-state index in [0.29, 0.717) is 17.9 Å². The highest BCUT2D eigenvalue weighted by atomic mass is 35.5. The van der Waals surface area contributed by atoms with Crippen LogP contribution >= 0.6 is 11.6 Å². The molecular weight excluding hydrogens is 341 g/mol. The van der Waals surface area contributed by atoms with Gasteiger partial charge in [-0.3, -0.25) is 4.79 Å². The highest BCUT2D eigenvalue weighted by Crippen LogP contribution is 2.25. The zero-order chi connectivity index (χ0) is 18.6. The van der Waals surface area contributed by atoms with Crippen LogP contribution in [0.4, 0.5) is 10.1 Å². The first-order valence-electron chi connectivity index (χ1n) is 8.24. The van der Waals surface area contributed by atoms with Crippen LogP contribution in [0.25, 0.3) is 0 Å². The topological polar surface area (TPSA) is 38.3 Å². The van der Waals surface area contributed by atoms with Crippen molar-refractivity contribution < 1.29 is 13.9 Å². The summed E-state index contributed by atoms with van der Waals surface area (Å²) in [4.78, 5) is 12.4. The van der Waals surface area contributed by atoms with Crippen LogP contribution in [0.15, 0.2) is 42.5 Å². The van der Waals surface area contributed by atoms with Crippen LogP contribution in [0.3, 0.4) is 0 Å². The lowest BCUT2D eigenvalue weighted by Gasteiger charge is -2.21. The molecule has 0 radical (unpaired) electrons. The first kappa shape index (κ1) is 19.3. The Morgan fingerprint density at radius 1 is 1.20 bits per heavy atom. The number of hydrogen-bond donors (Lipinski definition) is 1. The number of nitrogens with one attached hydrogen (secondary N) is 1. The third-order valence-electron chi connectivity index (χ3n) is 3.85. The number of carbonyl (C=O) groups is 1. The minimum atomic E-state index is -0.649. The predicted octanol–water partition coefficient (Wildman–Crippen LogP) is 5.57. The molecule has 25 heavy (non-hydrogen) atoms. The van der Waals surface area contributed by atoms with E-state index in [4.69, 9.17) is 16.3 Å². The zero-order valence-corrected chi connectivity index (χ0v) is 15.7. The molecule has 0 aliphatic heterocycles. The summed E-state index contributed by atoms with van der Waals surface area (Å²) >= 11 is 5.73. The number of carbonyl (C=O) groups excluding carboxylic acids is 1. The van der Waals surface area contributed by atoms with E-state index in [1.807, 2.05) is 31.2 Å². The van der Waals surface area contributed by atoms with E-state index in [0.717, 1.165) is 0 Å². The molecule has 2 rings (SSSR count). The van der Waals surface area contributed by atoms with Crippen LogP contribution in [0.5, 0.6) is 5.75 Å². The van der Waals surface area contributed by atoms with Gasteiger partial charge in [0.2, 0.25) is 0 Å². The second-order valence-electron chi connectivity index (χ2n) is 6.91.